The number of anilines is 2. The highest BCUT2D eigenvalue weighted by Crippen LogP contribution is 2.21. The third-order valence-electron chi connectivity index (χ3n) is 3.59. The van der Waals surface area contributed by atoms with Gasteiger partial charge in [-0.2, -0.15) is 0 Å². The van der Waals surface area contributed by atoms with Crippen LogP contribution in [-0.4, -0.2) is 46.2 Å². The second-order valence-electron chi connectivity index (χ2n) is 5.51. The van der Waals surface area contributed by atoms with E-state index in [1.807, 2.05) is 0 Å². The number of rotatable bonds is 6. The van der Waals surface area contributed by atoms with Gasteiger partial charge in [-0.1, -0.05) is 0 Å². The number of carbonyl (C=O) groups excluding carboxylic acids is 2. The average Bonchev–Trinajstić information content (AvgIpc) is 2.59. The number of aromatic hydroxyl groups is 2. The molecule has 2 aromatic carbocycles. The van der Waals surface area contributed by atoms with Crippen LogP contribution in [0.5, 0.6) is 11.5 Å². The molecule has 8 heteroatoms. The van der Waals surface area contributed by atoms with Crippen LogP contribution in [0.1, 0.15) is 6.92 Å². The zero-order chi connectivity index (χ0) is 19.3. The van der Waals surface area contributed by atoms with E-state index in [-0.39, 0.29) is 23.7 Å². The van der Waals surface area contributed by atoms with Gasteiger partial charge in [0.25, 0.3) is 0 Å². The van der Waals surface area contributed by atoms with Crippen LogP contribution in [0.3, 0.4) is 0 Å². The van der Waals surface area contributed by atoms with E-state index in [2.05, 4.69) is 0 Å². The summed E-state index contributed by atoms with van der Waals surface area (Å²) in [6.07, 6.45) is 0. The first-order chi connectivity index (χ1) is 12.3. The lowest BCUT2D eigenvalue weighted by molar-refractivity contribution is -0.136. The lowest BCUT2D eigenvalue weighted by atomic mass is 10.2. The summed E-state index contributed by atoms with van der Waals surface area (Å²) in [6, 6.07) is 11.2. The maximum absolute atomic E-state index is 12.7. The fourth-order valence-electron chi connectivity index (χ4n) is 2.33. The van der Waals surface area contributed by atoms with E-state index in [0.29, 0.717) is 5.69 Å². The van der Waals surface area contributed by atoms with Crippen molar-refractivity contribution in [3.8, 4) is 11.5 Å². The number of benzene rings is 2. The Bertz CT molecular complexity index is 801. The first kappa shape index (κ1) is 18.8. The number of phenolic OH excluding ortho intramolecular Hbond substituents is 2. The summed E-state index contributed by atoms with van der Waals surface area (Å²) in [6.45, 7) is 0.307. The second-order valence-corrected chi connectivity index (χ2v) is 5.51. The van der Waals surface area contributed by atoms with Crippen LogP contribution in [0.15, 0.2) is 48.5 Å². The van der Waals surface area contributed by atoms with Crippen molar-refractivity contribution in [2.75, 3.05) is 22.9 Å². The molecule has 0 unspecified atom stereocenters. The topological polar surface area (TPSA) is 118 Å². The molecule has 0 heterocycles. The van der Waals surface area contributed by atoms with Gasteiger partial charge in [-0.15, -0.1) is 0 Å². The van der Waals surface area contributed by atoms with Crippen LogP contribution < -0.4 is 9.80 Å². The molecule has 3 N–H and O–H groups in total. The molecule has 2 aromatic rings. The largest absolute Gasteiger partial charge is 0.508 e. The highest BCUT2D eigenvalue weighted by molar-refractivity contribution is 6.04. The van der Waals surface area contributed by atoms with Crippen molar-refractivity contribution >= 4 is 29.2 Å². The zero-order valence-electron chi connectivity index (χ0n) is 14.0. The van der Waals surface area contributed by atoms with Gasteiger partial charge in [0.15, 0.2) is 0 Å². The third-order valence-corrected chi connectivity index (χ3v) is 3.59. The molecular formula is C18H18N2O6. The highest BCUT2D eigenvalue weighted by Gasteiger charge is 2.23. The number of carboxylic acids is 1. The maximum atomic E-state index is 12.7. The van der Waals surface area contributed by atoms with Crippen molar-refractivity contribution < 1.29 is 29.7 Å². The Kier molecular flexibility index (Phi) is 5.79. The number of aliphatic carboxylic acids is 1. The molecule has 0 spiro atoms. The molecular weight excluding hydrogens is 340 g/mol. The summed E-state index contributed by atoms with van der Waals surface area (Å²) in [7, 11) is 0. The monoisotopic (exact) mass is 358 g/mol. The maximum Gasteiger partial charge on any atom is 0.323 e. The lowest BCUT2D eigenvalue weighted by Gasteiger charge is -2.26. The Hall–Kier alpha value is -3.55. The van der Waals surface area contributed by atoms with Gasteiger partial charge < -0.3 is 20.2 Å². The molecule has 2 amide bonds. The predicted molar refractivity (Wildman–Crippen MR) is 94.2 cm³/mol. The molecule has 0 saturated heterocycles. The van der Waals surface area contributed by atoms with E-state index in [1.54, 1.807) is 0 Å². The summed E-state index contributed by atoms with van der Waals surface area (Å²) in [5, 5.41) is 27.8. The fraction of sp³-hybridized carbons (Fsp3) is 0.167. The van der Waals surface area contributed by atoms with Crippen LogP contribution >= 0.6 is 0 Å². The summed E-state index contributed by atoms with van der Waals surface area (Å²) >= 11 is 0. The Balaban J connectivity index is 2.28. The van der Waals surface area contributed by atoms with Gasteiger partial charge in [0.05, 0.1) is 0 Å². The first-order valence-electron chi connectivity index (χ1n) is 7.66. The molecule has 0 bridgehead atoms. The van der Waals surface area contributed by atoms with E-state index < -0.39 is 24.3 Å². The number of amides is 2. The van der Waals surface area contributed by atoms with Crippen LogP contribution in [0.4, 0.5) is 11.4 Å². The van der Waals surface area contributed by atoms with Crippen LogP contribution in [-0.2, 0) is 14.4 Å². The summed E-state index contributed by atoms with van der Waals surface area (Å²) in [5.74, 6) is -2.25. The number of hydrogen-bond donors (Lipinski definition) is 3. The van der Waals surface area contributed by atoms with Gasteiger partial charge in [-0.05, 0) is 48.5 Å². The molecule has 0 saturated carbocycles. The number of nitrogens with zero attached hydrogens (tertiary/aromatic N) is 2. The molecule has 0 aromatic heterocycles. The Morgan fingerprint density at radius 2 is 1.19 bits per heavy atom. The Morgan fingerprint density at radius 3 is 1.58 bits per heavy atom. The van der Waals surface area contributed by atoms with Crippen LogP contribution in [0.25, 0.3) is 0 Å². The molecule has 8 nitrogen and oxygen atoms in total. The van der Waals surface area contributed by atoms with Crippen LogP contribution in [0, 0.1) is 0 Å². The lowest BCUT2D eigenvalue weighted by Crippen LogP contribution is -2.44. The van der Waals surface area contributed by atoms with Gasteiger partial charge in [-0.25, -0.2) is 0 Å². The van der Waals surface area contributed by atoms with Gasteiger partial charge in [0.1, 0.15) is 24.6 Å². The van der Waals surface area contributed by atoms with Crippen molar-refractivity contribution in [2.45, 2.75) is 6.92 Å². The summed E-state index contributed by atoms with van der Waals surface area (Å²) in [4.78, 5) is 37.9. The van der Waals surface area contributed by atoms with E-state index in [9.17, 15) is 24.6 Å². The quantitative estimate of drug-likeness (QED) is 0.721. The van der Waals surface area contributed by atoms with E-state index in [1.165, 1.54) is 60.4 Å². The van der Waals surface area contributed by atoms with Crippen molar-refractivity contribution in [2.24, 2.45) is 0 Å². The van der Waals surface area contributed by atoms with Gasteiger partial charge in [0.2, 0.25) is 11.8 Å². The zero-order valence-corrected chi connectivity index (χ0v) is 14.0. The van der Waals surface area contributed by atoms with Gasteiger partial charge in [-0.3, -0.25) is 19.3 Å². The Labute approximate surface area is 149 Å². The second kappa shape index (κ2) is 8.02. The van der Waals surface area contributed by atoms with E-state index >= 15 is 0 Å². The van der Waals surface area contributed by atoms with E-state index in [4.69, 9.17) is 5.11 Å². The van der Waals surface area contributed by atoms with Crippen LogP contribution in [0.2, 0.25) is 0 Å². The first-order valence-corrected chi connectivity index (χ1v) is 7.66. The minimum absolute atomic E-state index is 0.0141. The summed E-state index contributed by atoms with van der Waals surface area (Å²) in [5.41, 5.74) is 0.675. The predicted octanol–water partition coefficient (Wildman–Crippen LogP) is 1.57. The highest BCUT2D eigenvalue weighted by atomic mass is 16.4. The summed E-state index contributed by atoms with van der Waals surface area (Å²) < 4.78 is 0. The van der Waals surface area contributed by atoms with E-state index in [0.717, 1.165) is 4.90 Å². The molecule has 0 atom stereocenters. The minimum atomic E-state index is -1.22. The number of carboxylic acid groups (broad SMARTS) is 1. The fourth-order valence-corrected chi connectivity index (χ4v) is 2.33. The molecule has 0 aliphatic rings. The molecule has 26 heavy (non-hydrogen) atoms. The Morgan fingerprint density at radius 1 is 0.769 bits per heavy atom. The van der Waals surface area contributed by atoms with Gasteiger partial charge >= 0.3 is 5.97 Å². The molecule has 0 radical (unpaired) electrons. The molecule has 0 aliphatic carbocycles. The minimum Gasteiger partial charge on any atom is -0.508 e. The molecule has 0 fully saturated rings. The van der Waals surface area contributed by atoms with Crippen molar-refractivity contribution in [1.82, 2.24) is 0 Å². The average molecular weight is 358 g/mol. The van der Waals surface area contributed by atoms with Crippen molar-refractivity contribution in [3.63, 3.8) is 0 Å². The standard InChI is InChI=1S/C18H18N2O6/c1-12(21)19(13-2-6-15(22)7-3-13)10-17(24)20(11-18(25)26)14-4-8-16(23)9-5-14/h2-9,22-23H,10-11H2,1H3,(H,25,26). The van der Waals surface area contributed by atoms with Crippen molar-refractivity contribution in [1.29, 1.82) is 0 Å². The molecule has 2 rings (SSSR count). The molecule has 0 aliphatic heterocycles. The van der Waals surface area contributed by atoms with Crippen molar-refractivity contribution in [3.05, 3.63) is 48.5 Å². The third kappa shape index (κ3) is 4.73. The smallest absolute Gasteiger partial charge is 0.323 e. The number of carbonyl (C=O) groups is 3. The SMILES string of the molecule is CC(=O)N(CC(=O)N(CC(=O)O)c1ccc(O)cc1)c1ccc(O)cc1. The van der Waals surface area contributed by atoms with Gasteiger partial charge in [0, 0.05) is 18.3 Å². The normalized spacial score (nSPS) is 10.2. The number of phenols is 2. The molecule has 136 valence electrons. The number of hydrogen-bond acceptors (Lipinski definition) is 5.